The van der Waals surface area contributed by atoms with Crippen LogP contribution in [-0.2, 0) is 25.7 Å². The van der Waals surface area contributed by atoms with Crippen LogP contribution in [0.25, 0.3) is 0 Å². The van der Waals surface area contributed by atoms with Crippen LogP contribution in [0.2, 0.25) is 0 Å². The van der Waals surface area contributed by atoms with Crippen molar-refractivity contribution in [2.24, 2.45) is 11.8 Å². The highest BCUT2D eigenvalue weighted by molar-refractivity contribution is 6.08. The second-order valence-electron chi connectivity index (χ2n) is 7.02. The van der Waals surface area contributed by atoms with Crippen LogP contribution in [0, 0.1) is 22.0 Å². The Morgan fingerprint density at radius 1 is 1.37 bits per heavy atom. The first-order valence-corrected chi connectivity index (χ1v) is 8.62. The molecule has 1 N–H and O–H groups in total. The molecule has 0 radical (unpaired) electrons. The Morgan fingerprint density at radius 3 is 2.56 bits per heavy atom. The fourth-order valence-electron chi connectivity index (χ4n) is 3.98. The van der Waals surface area contributed by atoms with E-state index in [2.05, 4.69) is 0 Å². The first-order chi connectivity index (χ1) is 12.7. The largest absolute Gasteiger partial charge is 0.459 e. The third-order valence-corrected chi connectivity index (χ3v) is 5.29. The first-order valence-electron chi connectivity index (χ1n) is 8.62. The average Bonchev–Trinajstić information content (AvgIpc) is 3.07. The number of ketones is 2. The number of rotatable bonds is 5. The molecule has 0 amide bonds. The highest BCUT2D eigenvalue weighted by atomic mass is 16.6. The minimum Gasteiger partial charge on any atom is -0.459 e. The lowest BCUT2D eigenvalue weighted by atomic mass is 9.86. The molecule has 0 bridgehead atoms. The Kier molecular flexibility index (Phi) is 5.07. The topological polar surface area (TPSA) is 127 Å². The van der Waals surface area contributed by atoms with Gasteiger partial charge in [-0.15, -0.1) is 0 Å². The monoisotopic (exact) mass is 376 g/mol. The van der Waals surface area contributed by atoms with Gasteiger partial charge in [0, 0.05) is 24.1 Å². The number of fused-ring (bicyclic) bond motifs is 1. The van der Waals surface area contributed by atoms with E-state index in [0.717, 1.165) is 0 Å². The number of benzene rings is 1. The van der Waals surface area contributed by atoms with Crippen LogP contribution in [0.5, 0.6) is 0 Å². The number of ether oxygens (including phenoxy) is 1. The van der Waals surface area contributed by atoms with Crippen molar-refractivity contribution in [3.63, 3.8) is 0 Å². The van der Waals surface area contributed by atoms with Gasteiger partial charge in [-0.1, -0.05) is 6.92 Å². The van der Waals surface area contributed by atoms with Gasteiger partial charge in [0.05, 0.1) is 23.5 Å². The molecule has 9 heteroatoms. The zero-order valence-electron chi connectivity index (χ0n) is 14.9. The first kappa shape index (κ1) is 19.1. The van der Waals surface area contributed by atoms with Crippen molar-refractivity contribution >= 4 is 23.2 Å². The number of non-ortho nitro benzene ring substituents is 1. The molecular formula is C18H20N2O7. The summed E-state index contributed by atoms with van der Waals surface area (Å²) in [7, 11) is 0. The maximum atomic E-state index is 12.6. The second-order valence-corrected chi connectivity index (χ2v) is 7.02. The van der Waals surface area contributed by atoms with Crippen molar-refractivity contribution < 1.29 is 29.2 Å². The average molecular weight is 376 g/mol. The third kappa shape index (κ3) is 3.35. The summed E-state index contributed by atoms with van der Waals surface area (Å²) < 4.78 is 5.23. The Labute approximate surface area is 155 Å². The normalized spacial score (nSPS) is 28.9. The number of aliphatic hydroxyl groups excluding tert-OH is 1. The third-order valence-electron chi connectivity index (χ3n) is 5.29. The van der Waals surface area contributed by atoms with Crippen molar-refractivity contribution in [1.29, 1.82) is 0 Å². The van der Waals surface area contributed by atoms with Gasteiger partial charge in [0.2, 0.25) is 0 Å². The van der Waals surface area contributed by atoms with E-state index < -0.39 is 40.9 Å². The Hall–Kier alpha value is -2.65. The van der Waals surface area contributed by atoms with Crippen molar-refractivity contribution in [3.8, 4) is 0 Å². The van der Waals surface area contributed by atoms with Gasteiger partial charge in [-0.2, -0.15) is 0 Å². The highest BCUT2D eigenvalue weighted by Gasteiger charge is 2.59. The summed E-state index contributed by atoms with van der Waals surface area (Å²) in [6, 6.07) is 3.85. The van der Waals surface area contributed by atoms with Gasteiger partial charge < -0.3 is 9.84 Å². The SMILES string of the molecule is C[C@@H](O)[C@H]1C(=O)CN2C(C(=O)OCc3ccc([N+](=O)[O-])cc3)C(=O)[C@H](C)[C@H]12. The molecule has 5 atom stereocenters. The summed E-state index contributed by atoms with van der Waals surface area (Å²) >= 11 is 0. The van der Waals surface area contributed by atoms with E-state index in [4.69, 9.17) is 4.74 Å². The van der Waals surface area contributed by atoms with Gasteiger partial charge in [-0.25, -0.2) is 4.79 Å². The fraction of sp³-hybridized carbons (Fsp3) is 0.500. The predicted molar refractivity (Wildman–Crippen MR) is 91.5 cm³/mol. The molecule has 2 fully saturated rings. The summed E-state index contributed by atoms with van der Waals surface area (Å²) in [6.45, 7) is 2.94. The zero-order valence-corrected chi connectivity index (χ0v) is 14.9. The van der Waals surface area contributed by atoms with E-state index in [1.807, 2.05) is 0 Å². The lowest BCUT2D eigenvalue weighted by molar-refractivity contribution is -0.384. The number of esters is 1. The quantitative estimate of drug-likeness (QED) is 0.340. The number of aliphatic hydroxyl groups is 1. The molecule has 2 aliphatic heterocycles. The van der Waals surface area contributed by atoms with Crippen molar-refractivity contribution in [3.05, 3.63) is 39.9 Å². The summed E-state index contributed by atoms with van der Waals surface area (Å²) in [5, 5.41) is 20.5. The Bertz CT molecular complexity index is 789. The zero-order chi connectivity index (χ0) is 19.9. The molecule has 0 aromatic heterocycles. The number of hydrogen-bond donors (Lipinski definition) is 1. The molecule has 1 unspecified atom stereocenters. The van der Waals surface area contributed by atoms with Crippen LogP contribution >= 0.6 is 0 Å². The Morgan fingerprint density at radius 2 is 2.00 bits per heavy atom. The van der Waals surface area contributed by atoms with Crippen LogP contribution in [0.1, 0.15) is 19.4 Å². The van der Waals surface area contributed by atoms with Gasteiger partial charge in [-0.3, -0.25) is 24.6 Å². The second kappa shape index (κ2) is 7.16. The van der Waals surface area contributed by atoms with Crippen molar-refractivity contribution in [1.82, 2.24) is 4.90 Å². The molecule has 3 rings (SSSR count). The number of nitrogens with zero attached hydrogens (tertiary/aromatic N) is 2. The van der Waals surface area contributed by atoms with Gasteiger partial charge in [0.25, 0.3) is 5.69 Å². The van der Waals surface area contributed by atoms with Crippen LogP contribution in [-0.4, -0.2) is 57.2 Å². The van der Waals surface area contributed by atoms with Crippen LogP contribution in [0.4, 0.5) is 5.69 Å². The minimum absolute atomic E-state index is 0.0758. The van der Waals surface area contributed by atoms with E-state index in [0.29, 0.717) is 5.56 Å². The summed E-state index contributed by atoms with van der Waals surface area (Å²) in [5.41, 5.74) is 0.468. The summed E-state index contributed by atoms with van der Waals surface area (Å²) in [6.07, 6.45) is -0.905. The lowest BCUT2D eigenvalue weighted by Gasteiger charge is -2.24. The molecule has 9 nitrogen and oxygen atoms in total. The van der Waals surface area contributed by atoms with Crippen LogP contribution < -0.4 is 0 Å². The molecule has 27 heavy (non-hydrogen) atoms. The molecule has 1 aromatic rings. The molecule has 144 valence electrons. The fourth-order valence-corrected chi connectivity index (χ4v) is 3.98. The lowest BCUT2D eigenvalue weighted by Crippen LogP contribution is -2.42. The van der Waals surface area contributed by atoms with E-state index in [9.17, 15) is 29.6 Å². The van der Waals surface area contributed by atoms with E-state index in [1.165, 1.54) is 36.1 Å². The molecule has 0 spiro atoms. The van der Waals surface area contributed by atoms with E-state index in [1.54, 1.807) is 6.92 Å². The number of hydrogen-bond acceptors (Lipinski definition) is 8. The standard InChI is InChI=1S/C18H20N2O7/c1-9-15-14(10(2)21)13(22)7-19(15)16(17(9)23)18(24)27-8-11-3-5-12(6-4-11)20(25)26/h3-6,9-10,14-16,21H,7-8H2,1-2H3/t9-,10-,14+,15-,16?/m1/s1. The van der Waals surface area contributed by atoms with Gasteiger partial charge in [0.1, 0.15) is 6.61 Å². The number of carbonyl (C=O) groups excluding carboxylic acids is 3. The molecule has 2 aliphatic rings. The van der Waals surface area contributed by atoms with Crippen LogP contribution in [0.15, 0.2) is 24.3 Å². The number of nitro groups is 1. The minimum atomic E-state index is -1.17. The van der Waals surface area contributed by atoms with E-state index >= 15 is 0 Å². The smallest absolute Gasteiger partial charge is 0.331 e. The van der Waals surface area contributed by atoms with Gasteiger partial charge in [0.15, 0.2) is 17.6 Å². The van der Waals surface area contributed by atoms with Crippen LogP contribution in [0.3, 0.4) is 0 Å². The molecule has 0 saturated carbocycles. The maximum absolute atomic E-state index is 12.6. The van der Waals surface area contributed by atoms with Gasteiger partial charge in [-0.05, 0) is 24.6 Å². The molecule has 2 saturated heterocycles. The molecular weight excluding hydrogens is 356 g/mol. The van der Waals surface area contributed by atoms with E-state index in [-0.39, 0.29) is 30.4 Å². The highest BCUT2D eigenvalue weighted by Crippen LogP contribution is 2.38. The predicted octanol–water partition coefficient (Wildman–Crippen LogP) is 0.476. The molecule has 1 aromatic carbocycles. The molecule has 0 aliphatic carbocycles. The number of carbonyl (C=O) groups is 3. The van der Waals surface area contributed by atoms with Crippen molar-refractivity contribution in [2.45, 2.75) is 38.6 Å². The summed E-state index contributed by atoms with van der Waals surface area (Å²) in [4.78, 5) is 48.9. The molecule has 2 heterocycles. The summed E-state index contributed by atoms with van der Waals surface area (Å²) in [5.74, 6) is -2.54. The maximum Gasteiger partial charge on any atom is 0.331 e. The number of nitro benzene ring substituents is 1. The van der Waals surface area contributed by atoms with Crippen molar-refractivity contribution in [2.75, 3.05) is 6.54 Å². The number of Topliss-reactive ketones (excluding diaryl/α,β-unsaturated/α-hetero) is 2. The van der Waals surface area contributed by atoms with Gasteiger partial charge >= 0.3 is 5.97 Å². The Balaban J connectivity index is 1.70.